The molecular formula is C51H38F2N18O. The van der Waals surface area contributed by atoms with Crippen LogP contribution in [0.5, 0.6) is 0 Å². The molecule has 352 valence electrons. The summed E-state index contributed by atoms with van der Waals surface area (Å²) in [6, 6.07) is 10.8. The number of amides is 1. The van der Waals surface area contributed by atoms with Crippen LogP contribution in [0, 0.1) is 17.6 Å². The largest absolute Gasteiger partial charge is 0.335 e. The van der Waals surface area contributed by atoms with Gasteiger partial charge in [-0.2, -0.15) is 10.2 Å². The standard InChI is InChI=1S/C51H38F2N18O/c1-4-54-14-25-11-28(16-56-15-25)42-40(53)38-46(69-71-48(38)50-64-35-21-58-19-31(43(35)66-50)26-5-8-55-9-6-26)45(65-42)33-13-27(7-10-60-33)32-20-59-22-36-44(32)67-49(63-36)47-37-34(68-70-47)23-61-41(39(37)52)29-12-30(18-57-17-29)62-51(72)24(2)3/h5-13,15-24,54H,4,14H2,1-3H3,(H,62,72)(H,63,67)(H,64,66)(H,68,70)(H,69,71). The second-order valence-electron chi connectivity index (χ2n) is 17.2. The van der Waals surface area contributed by atoms with Crippen LogP contribution in [0.2, 0.25) is 0 Å². The molecule has 0 atom stereocenters. The molecule has 0 radical (unpaired) electrons. The van der Waals surface area contributed by atoms with Gasteiger partial charge >= 0.3 is 0 Å². The fraction of sp³-hybridized carbons (Fsp3) is 0.118. The Morgan fingerprint density at radius 3 is 1.99 bits per heavy atom. The first kappa shape index (κ1) is 43.6. The van der Waals surface area contributed by atoms with Crippen molar-refractivity contribution in [2.75, 3.05) is 11.9 Å². The number of hydrogen-bond donors (Lipinski definition) is 6. The summed E-state index contributed by atoms with van der Waals surface area (Å²) in [7, 11) is 0. The normalized spacial score (nSPS) is 11.8. The fourth-order valence-electron chi connectivity index (χ4n) is 8.64. The molecule has 0 aliphatic rings. The number of H-pyrrole nitrogens is 4. The summed E-state index contributed by atoms with van der Waals surface area (Å²) < 4.78 is 34.1. The van der Waals surface area contributed by atoms with E-state index in [2.05, 4.69) is 70.9 Å². The molecule has 0 saturated heterocycles. The Kier molecular flexibility index (Phi) is 10.7. The third-order valence-corrected chi connectivity index (χ3v) is 12.2. The smallest absolute Gasteiger partial charge is 0.226 e. The molecule has 0 bridgehead atoms. The number of anilines is 1. The third-order valence-electron chi connectivity index (χ3n) is 12.2. The zero-order valence-electron chi connectivity index (χ0n) is 38.4. The maximum absolute atomic E-state index is 17.4. The van der Waals surface area contributed by atoms with Gasteiger partial charge in [0.15, 0.2) is 23.3 Å². The molecule has 12 rings (SSSR count). The minimum atomic E-state index is -0.658. The lowest BCUT2D eigenvalue weighted by Gasteiger charge is -2.11. The first-order chi connectivity index (χ1) is 35.2. The Hall–Kier alpha value is -9.63. The van der Waals surface area contributed by atoms with Gasteiger partial charge in [0, 0.05) is 84.3 Å². The van der Waals surface area contributed by atoms with Gasteiger partial charge in [-0.15, -0.1) is 0 Å². The third kappa shape index (κ3) is 7.60. The summed E-state index contributed by atoms with van der Waals surface area (Å²) >= 11 is 0. The number of nitrogens with one attached hydrogen (secondary N) is 6. The number of rotatable bonds is 12. The van der Waals surface area contributed by atoms with Crippen molar-refractivity contribution < 1.29 is 13.6 Å². The number of carbonyl (C=O) groups excluding carboxylic acids is 1. The monoisotopic (exact) mass is 956 g/mol. The predicted octanol–water partition coefficient (Wildman–Crippen LogP) is 9.00. The van der Waals surface area contributed by atoms with Crippen LogP contribution in [0.15, 0.2) is 111 Å². The number of aromatic nitrogens is 16. The van der Waals surface area contributed by atoms with E-state index in [0.717, 1.165) is 23.2 Å². The second-order valence-corrected chi connectivity index (χ2v) is 17.2. The summed E-state index contributed by atoms with van der Waals surface area (Å²) in [6.07, 6.45) is 19.4. The molecule has 6 N–H and O–H groups in total. The van der Waals surface area contributed by atoms with Gasteiger partial charge in [0.05, 0.1) is 80.0 Å². The number of carbonyl (C=O) groups is 1. The number of nitrogens with zero attached hydrogens (tertiary/aromatic N) is 12. The van der Waals surface area contributed by atoms with Crippen LogP contribution in [-0.4, -0.2) is 92.7 Å². The van der Waals surface area contributed by atoms with Crippen molar-refractivity contribution in [2.45, 2.75) is 27.3 Å². The molecule has 12 aromatic rings. The molecule has 1 amide bonds. The van der Waals surface area contributed by atoms with Crippen molar-refractivity contribution >= 4 is 55.5 Å². The molecule has 0 aliphatic carbocycles. The number of imidazole rings is 2. The van der Waals surface area contributed by atoms with E-state index in [4.69, 9.17) is 19.9 Å². The second kappa shape index (κ2) is 17.7. The summed E-state index contributed by atoms with van der Waals surface area (Å²) in [5.74, 6) is -1.18. The van der Waals surface area contributed by atoms with Crippen molar-refractivity contribution in [3.8, 4) is 79.2 Å². The van der Waals surface area contributed by atoms with Crippen LogP contribution in [0.3, 0.4) is 0 Å². The molecule has 0 aliphatic heterocycles. The molecule has 72 heavy (non-hydrogen) atoms. The quantitative estimate of drug-likeness (QED) is 0.0668. The van der Waals surface area contributed by atoms with Gasteiger partial charge in [-0.05, 0) is 59.6 Å². The van der Waals surface area contributed by atoms with E-state index < -0.39 is 11.6 Å². The Balaban J connectivity index is 0.966. The van der Waals surface area contributed by atoms with Gasteiger partial charge in [0.25, 0.3) is 0 Å². The molecule has 0 fully saturated rings. The van der Waals surface area contributed by atoms with Gasteiger partial charge in [0.2, 0.25) is 5.91 Å². The number of pyridine rings is 8. The Morgan fingerprint density at radius 2 is 1.25 bits per heavy atom. The molecule has 0 saturated carbocycles. The van der Waals surface area contributed by atoms with E-state index in [-0.39, 0.29) is 56.7 Å². The summed E-state index contributed by atoms with van der Waals surface area (Å²) in [6.45, 7) is 6.81. The fourth-order valence-corrected chi connectivity index (χ4v) is 8.64. The van der Waals surface area contributed by atoms with Crippen LogP contribution in [0.1, 0.15) is 26.3 Å². The average Bonchev–Trinajstić information content (AvgIpc) is 4.24. The molecule has 21 heteroatoms. The Morgan fingerprint density at radius 1 is 0.597 bits per heavy atom. The molecule has 0 aromatic carbocycles. The van der Waals surface area contributed by atoms with Crippen LogP contribution in [-0.2, 0) is 11.3 Å². The lowest BCUT2D eigenvalue weighted by Crippen LogP contribution is -2.17. The molecule has 12 heterocycles. The molecule has 19 nitrogen and oxygen atoms in total. The van der Waals surface area contributed by atoms with Crippen molar-refractivity contribution in [3.05, 3.63) is 128 Å². The molecular weight excluding hydrogens is 919 g/mol. The molecule has 0 spiro atoms. The minimum Gasteiger partial charge on any atom is -0.335 e. The number of halogens is 2. The highest BCUT2D eigenvalue weighted by Gasteiger charge is 2.27. The summed E-state index contributed by atoms with van der Waals surface area (Å²) in [5.41, 5.74) is 9.05. The highest BCUT2D eigenvalue weighted by atomic mass is 19.1. The summed E-state index contributed by atoms with van der Waals surface area (Å²) in [5, 5.41) is 21.4. The zero-order valence-corrected chi connectivity index (χ0v) is 38.4. The predicted molar refractivity (Wildman–Crippen MR) is 266 cm³/mol. The number of hydrogen-bond acceptors (Lipinski definition) is 14. The van der Waals surface area contributed by atoms with E-state index in [1.54, 1.807) is 81.8 Å². The highest BCUT2D eigenvalue weighted by molar-refractivity contribution is 6.04. The van der Waals surface area contributed by atoms with E-state index in [0.29, 0.717) is 79.3 Å². The maximum Gasteiger partial charge on any atom is 0.226 e. The van der Waals surface area contributed by atoms with Crippen molar-refractivity contribution in [1.82, 2.24) is 85.5 Å². The van der Waals surface area contributed by atoms with Gasteiger partial charge in [-0.1, -0.05) is 20.8 Å². The van der Waals surface area contributed by atoms with Gasteiger partial charge in [-0.3, -0.25) is 49.9 Å². The Labute approximate surface area is 405 Å². The maximum atomic E-state index is 17.4. The van der Waals surface area contributed by atoms with Crippen LogP contribution < -0.4 is 10.6 Å². The molecule has 0 unspecified atom stereocenters. The van der Waals surface area contributed by atoms with E-state index in [1.165, 1.54) is 18.6 Å². The number of fused-ring (bicyclic) bond motifs is 4. The van der Waals surface area contributed by atoms with E-state index >= 15 is 8.78 Å². The lowest BCUT2D eigenvalue weighted by molar-refractivity contribution is -0.118. The summed E-state index contributed by atoms with van der Waals surface area (Å²) in [4.78, 5) is 64.8. The van der Waals surface area contributed by atoms with Gasteiger partial charge < -0.3 is 20.6 Å². The van der Waals surface area contributed by atoms with Crippen LogP contribution in [0.4, 0.5) is 14.5 Å². The lowest BCUT2D eigenvalue weighted by atomic mass is 10.0. The van der Waals surface area contributed by atoms with Crippen molar-refractivity contribution in [1.29, 1.82) is 0 Å². The van der Waals surface area contributed by atoms with E-state index in [9.17, 15) is 4.79 Å². The van der Waals surface area contributed by atoms with E-state index in [1.807, 2.05) is 31.2 Å². The van der Waals surface area contributed by atoms with Crippen molar-refractivity contribution in [2.24, 2.45) is 5.92 Å². The van der Waals surface area contributed by atoms with Crippen LogP contribution in [0.25, 0.3) is 123 Å². The first-order valence-electron chi connectivity index (χ1n) is 22.8. The minimum absolute atomic E-state index is 0.0136. The van der Waals surface area contributed by atoms with Gasteiger partial charge in [-0.25, -0.2) is 23.7 Å². The molecule has 12 aromatic heterocycles. The highest BCUT2D eigenvalue weighted by Crippen LogP contribution is 2.40. The zero-order chi connectivity index (χ0) is 49.0. The average molecular weight is 957 g/mol. The SMILES string of the molecule is CCNCc1cncc(-c2nc(-c3cc(-c4cncc5[nH]c(-c6n[nH]c7cnc(-c8cncc(NC(=O)C(C)C)c8)c(F)c67)nc45)ccn3)c3[nH]nc(-c4nc5c(-c6ccncc6)cncc5[nH]4)c3c2F)c1. The Bertz CT molecular complexity index is 4070. The van der Waals surface area contributed by atoms with Gasteiger partial charge in [0.1, 0.15) is 28.5 Å². The number of aromatic amines is 4. The van der Waals surface area contributed by atoms with Crippen molar-refractivity contribution in [3.63, 3.8) is 0 Å². The topological polar surface area (TPSA) is 259 Å². The van der Waals surface area contributed by atoms with Crippen LogP contribution >= 0.6 is 0 Å². The first-order valence-corrected chi connectivity index (χ1v) is 22.8.